The first kappa shape index (κ1) is 18.2. The average Bonchev–Trinajstić information content (AvgIpc) is 2.73. The van der Waals surface area contributed by atoms with Crippen LogP contribution < -0.4 is 10.1 Å². The van der Waals surface area contributed by atoms with Crippen molar-refractivity contribution >= 4 is 17.5 Å². The Morgan fingerprint density at radius 3 is 2.30 bits per heavy atom. The zero-order valence-corrected chi connectivity index (χ0v) is 15.2. The highest BCUT2D eigenvalue weighted by atomic mass is 16.7. The molecule has 0 bridgehead atoms. The van der Waals surface area contributed by atoms with Crippen molar-refractivity contribution in [3.63, 3.8) is 0 Å². The van der Waals surface area contributed by atoms with Crippen molar-refractivity contribution in [2.75, 3.05) is 12.4 Å². The summed E-state index contributed by atoms with van der Waals surface area (Å²) in [6.07, 6.45) is -0.654. The van der Waals surface area contributed by atoms with Crippen LogP contribution in [0.1, 0.15) is 12.5 Å². The molecule has 0 aliphatic heterocycles. The van der Waals surface area contributed by atoms with Crippen molar-refractivity contribution in [1.29, 1.82) is 0 Å². The Balaban J connectivity index is 1.65. The fourth-order valence-electron chi connectivity index (χ4n) is 2.53. The van der Waals surface area contributed by atoms with Gasteiger partial charge < -0.3 is 4.74 Å². The molecular weight excluding hydrogens is 340 g/mol. The molecule has 5 nitrogen and oxygen atoms in total. The first-order valence-corrected chi connectivity index (χ1v) is 8.48. The first-order chi connectivity index (χ1) is 13.2. The van der Waals surface area contributed by atoms with Gasteiger partial charge in [-0.3, -0.25) is 10.2 Å². The summed E-state index contributed by atoms with van der Waals surface area (Å²) in [7, 11) is 1.58. The third-order valence-electron chi connectivity index (χ3n) is 3.99. The standard InChI is InChI=1S/C22H20N2O3/c1-16(18-9-6-10-19(15-18)17-7-4-3-5-8-17)24-27-22(25)23-20-11-13-21(26-2)14-12-20/h3-15H,1-2H3,(H,23,25)/b24-16-. The third-order valence-corrected chi connectivity index (χ3v) is 3.99. The second-order valence-corrected chi connectivity index (χ2v) is 5.86. The van der Waals surface area contributed by atoms with E-state index in [4.69, 9.17) is 9.57 Å². The molecule has 0 aromatic heterocycles. The number of amides is 1. The Labute approximate surface area is 158 Å². The average molecular weight is 360 g/mol. The maximum Gasteiger partial charge on any atom is 0.437 e. The lowest BCUT2D eigenvalue weighted by atomic mass is 10.0. The molecule has 5 heteroatoms. The number of nitrogens with one attached hydrogen (secondary N) is 1. The van der Waals surface area contributed by atoms with Crippen molar-refractivity contribution < 1.29 is 14.4 Å². The van der Waals surface area contributed by atoms with Crippen molar-refractivity contribution in [3.8, 4) is 16.9 Å². The molecule has 3 rings (SSSR count). The predicted molar refractivity (Wildman–Crippen MR) is 107 cm³/mol. The van der Waals surface area contributed by atoms with Gasteiger partial charge in [0.2, 0.25) is 0 Å². The highest BCUT2D eigenvalue weighted by molar-refractivity contribution is 5.99. The number of hydrogen-bond acceptors (Lipinski definition) is 4. The minimum absolute atomic E-state index is 0.597. The van der Waals surface area contributed by atoms with E-state index in [0.29, 0.717) is 17.1 Å². The van der Waals surface area contributed by atoms with Crippen LogP contribution in [0.2, 0.25) is 0 Å². The molecule has 0 unspecified atom stereocenters. The van der Waals surface area contributed by atoms with E-state index in [2.05, 4.69) is 10.5 Å². The lowest BCUT2D eigenvalue weighted by molar-refractivity contribution is 0.166. The Bertz CT molecular complexity index is 935. The van der Waals surface area contributed by atoms with E-state index >= 15 is 0 Å². The van der Waals surface area contributed by atoms with E-state index in [1.807, 2.05) is 54.6 Å². The number of rotatable bonds is 5. The van der Waals surface area contributed by atoms with E-state index in [0.717, 1.165) is 16.7 Å². The molecule has 0 fully saturated rings. The largest absolute Gasteiger partial charge is 0.497 e. The van der Waals surface area contributed by atoms with Crippen LogP contribution in [-0.4, -0.2) is 18.9 Å². The Hall–Kier alpha value is -3.60. The van der Waals surface area contributed by atoms with Crippen LogP contribution in [0.4, 0.5) is 10.5 Å². The molecule has 0 aliphatic carbocycles. The van der Waals surface area contributed by atoms with Crippen LogP contribution in [0.5, 0.6) is 5.75 Å². The second kappa shape index (κ2) is 8.67. The summed E-state index contributed by atoms with van der Waals surface area (Å²) >= 11 is 0. The van der Waals surface area contributed by atoms with Gasteiger partial charge in [-0.2, -0.15) is 0 Å². The van der Waals surface area contributed by atoms with Gasteiger partial charge in [0.1, 0.15) is 5.75 Å². The van der Waals surface area contributed by atoms with Gasteiger partial charge >= 0.3 is 6.09 Å². The van der Waals surface area contributed by atoms with Crippen LogP contribution in [0.25, 0.3) is 11.1 Å². The van der Waals surface area contributed by atoms with Crippen LogP contribution in [0, 0.1) is 0 Å². The molecule has 27 heavy (non-hydrogen) atoms. The molecule has 0 spiro atoms. The topological polar surface area (TPSA) is 59.9 Å². The molecule has 0 heterocycles. The molecule has 1 N–H and O–H groups in total. The summed E-state index contributed by atoms with van der Waals surface area (Å²) in [5.41, 5.74) is 4.28. The van der Waals surface area contributed by atoms with E-state index in [-0.39, 0.29) is 0 Å². The summed E-state index contributed by atoms with van der Waals surface area (Å²) in [5.74, 6) is 0.709. The quantitative estimate of drug-likeness (QED) is 0.380. The number of methoxy groups -OCH3 is 1. The molecule has 0 saturated carbocycles. The monoisotopic (exact) mass is 360 g/mol. The number of carbonyl (C=O) groups excluding carboxylic acids is 1. The Morgan fingerprint density at radius 1 is 0.889 bits per heavy atom. The maximum atomic E-state index is 11.9. The highest BCUT2D eigenvalue weighted by Crippen LogP contribution is 2.20. The number of hydrogen-bond donors (Lipinski definition) is 1. The minimum atomic E-state index is -0.654. The van der Waals surface area contributed by atoms with Gasteiger partial charge in [-0.25, -0.2) is 4.79 Å². The molecular formula is C22H20N2O3. The van der Waals surface area contributed by atoms with Crippen molar-refractivity contribution in [2.24, 2.45) is 5.16 Å². The smallest absolute Gasteiger partial charge is 0.437 e. The molecule has 136 valence electrons. The third kappa shape index (κ3) is 4.95. The number of anilines is 1. The number of nitrogens with zero attached hydrogens (tertiary/aromatic N) is 1. The molecule has 0 aliphatic rings. The van der Waals surface area contributed by atoms with E-state index in [1.165, 1.54) is 0 Å². The van der Waals surface area contributed by atoms with Crippen LogP contribution in [0.15, 0.2) is 84.0 Å². The fourth-order valence-corrected chi connectivity index (χ4v) is 2.53. The van der Waals surface area contributed by atoms with Gasteiger partial charge in [0.25, 0.3) is 0 Å². The number of oxime groups is 1. The summed E-state index contributed by atoms with van der Waals surface area (Å²) in [6.45, 7) is 1.80. The number of benzene rings is 3. The normalized spacial score (nSPS) is 11.0. The van der Waals surface area contributed by atoms with Crippen LogP contribution >= 0.6 is 0 Å². The summed E-state index contributed by atoms with van der Waals surface area (Å²) in [5, 5.41) is 6.55. The zero-order chi connectivity index (χ0) is 19.1. The summed E-state index contributed by atoms with van der Waals surface area (Å²) in [4.78, 5) is 16.9. The van der Waals surface area contributed by atoms with Crippen LogP contribution in [0.3, 0.4) is 0 Å². The predicted octanol–water partition coefficient (Wildman–Crippen LogP) is 5.33. The molecule has 0 radical (unpaired) electrons. The lowest BCUT2D eigenvalue weighted by Gasteiger charge is -2.06. The van der Waals surface area contributed by atoms with Gasteiger partial charge in [0.05, 0.1) is 12.8 Å². The number of ether oxygens (including phenoxy) is 1. The maximum absolute atomic E-state index is 11.9. The summed E-state index contributed by atoms with van der Waals surface area (Å²) < 4.78 is 5.08. The molecule has 0 saturated heterocycles. The fraction of sp³-hybridized carbons (Fsp3) is 0.0909. The van der Waals surface area contributed by atoms with Crippen molar-refractivity contribution in [3.05, 3.63) is 84.4 Å². The van der Waals surface area contributed by atoms with Crippen LogP contribution in [-0.2, 0) is 4.84 Å². The second-order valence-electron chi connectivity index (χ2n) is 5.86. The van der Waals surface area contributed by atoms with E-state index in [9.17, 15) is 4.79 Å². The zero-order valence-electron chi connectivity index (χ0n) is 15.2. The van der Waals surface area contributed by atoms with E-state index < -0.39 is 6.09 Å². The first-order valence-electron chi connectivity index (χ1n) is 8.48. The van der Waals surface area contributed by atoms with Crippen molar-refractivity contribution in [2.45, 2.75) is 6.92 Å². The van der Waals surface area contributed by atoms with Gasteiger partial charge in [-0.05, 0) is 53.9 Å². The van der Waals surface area contributed by atoms with Gasteiger partial charge in [-0.1, -0.05) is 53.7 Å². The number of carbonyl (C=O) groups is 1. The Morgan fingerprint density at radius 2 is 1.59 bits per heavy atom. The van der Waals surface area contributed by atoms with E-state index in [1.54, 1.807) is 38.3 Å². The van der Waals surface area contributed by atoms with Crippen molar-refractivity contribution in [1.82, 2.24) is 0 Å². The molecule has 1 amide bonds. The molecule has 3 aromatic rings. The summed E-state index contributed by atoms with van der Waals surface area (Å²) in [6, 6.07) is 24.9. The molecule has 3 aromatic carbocycles. The molecule has 0 atom stereocenters. The Kier molecular flexibility index (Phi) is 5.84. The lowest BCUT2D eigenvalue weighted by Crippen LogP contribution is -2.11. The minimum Gasteiger partial charge on any atom is -0.497 e. The van der Waals surface area contributed by atoms with Gasteiger partial charge in [0, 0.05) is 5.69 Å². The highest BCUT2D eigenvalue weighted by Gasteiger charge is 2.06. The van der Waals surface area contributed by atoms with Gasteiger partial charge in [-0.15, -0.1) is 0 Å². The van der Waals surface area contributed by atoms with Gasteiger partial charge in [0.15, 0.2) is 0 Å². The SMILES string of the molecule is COc1ccc(NC(=O)O/N=C(/C)c2cccc(-c3ccccc3)c2)cc1.